The van der Waals surface area contributed by atoms with Crippen molar-refractivity contribution in [1.29, 1.82) is 0 Å². The van der Waals surface area contributed by atoms with Crippen molar-refractivity contribution in [3.8, 4) is 5.75 Å². The first-order valence-corrected chi connectivity index (χ1v) is 11.8. The van der Waals surface area contributed by atoms with Gasteiger partial charge >= 0.3 is 6.03 Å². The predicted octanol–water partition coefficient (Wildman–Crippen LogP) is 4.09. The number of amides is 3. The number of nitrogens with one attached hydrogen (secondary N) is 2. The Labute approximate surface area is 183 Å². The summed E-state index contributed by atoms with van der Waals surface area (Å²) in [6, 6.07) is 5.07. The molecule has 0 atom stereocenters. The average molecular weight is 432 g/mol. The zero-order valence-electron chi connectivity index (χ0n) is 18.3. The Bertz CT molecular complexity index is 792. The van der Waals surface area contributed by atoms with E-state index in [1.165, 1.54) is 18.9 Å². The maximum atomic E-state index is 14.1. The second-order valence-electron chi connectivity index (χ2n) is 9.27. The van der Waals surface area contributed by atoms with Crippen molar-refractivity contribution < 1.29 is 18.7 Å². The maximum Gasteiger partial charge on any atom is 0.324 e. The summed E-state index contributed by atoms with van der Waals surface area (Å²) in [4.78, 5) is 24.6. The van der Waals surface area contributed by atoms with Gasteiger partial charge in [0, 0.05) is 25.0 Å². The largest absolute Gasteiger partial charge is 0.490 e. The number of ether oxygens (including phenoxy) is 1. The Morgan fingerprint density at radius 3 is 2.65 bits per heavy atom. The average Bonchev–Trinajstić information content (AvgIpc) is 3.66. The minimum atomic E-state index is -0.270. The highest BCUT2D eigenvalue weighted by Gasteiger charge is 2.44. The fourth-order valence-electron chi connectivity index (χ4n) is 4.19. The molecule has 3 aliphatic rings. The van der Waals surface area contributed by atoms with E-state index in [2.05, 4.69) is 10.6 Å². The third-order valence-electron chi connectivity index (χ3n) is 6.62. The van der Waals surface area contributed by atoms with Gasteiger partial charge in [0.15, 0.2) is 11.6 Å². The lowest BCUT2D eigenvalue weighted by Gasteiger charge is -2.26. The topological polar surface area (TPSA) is 70.7 Å². The number of unbranched alkanes of at least 4 members (excludes halogenated alkanes) is 4. The van der Waals surface area contributed by atoms with E-state index in [0.717, 1.165) is 63.6 Å². The molecule has 1 aromatic carbocycles. The van der Waals surface area contributed by atoms with Crippen molar-refractivity contribution in [3.63, 3.8) is 0 Å². The van der Waals surface area contributed by atoms with Crippen LogP contribution >= 0.6 is 0 Å². The second-order valence-corrected chi connectivity index (χ2v) is 9.27. The number of carbonyl (C=O) groups excluding carboxylic acids is 2. The van der Waals surface area contributed by atoms with E-state index in [-0.39, 0.29) is 23.3 Å². The molecule has 0 spiro atoms. The highest BCUT2D eigenvalue weighted by molar-refractivity contribution is 5.96. The fourth-order valence-corrected chi connectivity index (χ4v) is 4.19. The summed E-state index contributed by atoms with van der Waals surface area (Å²) in [5, 5.41) is 6.06. The van der Waals surface area contributed by atoms with Crippen LogP contribution in [0.5, 0.6) is 5.75 Å². The molecule has 7 heteroatoms. The molecule has 31 heavy (non-hydrogen) atoms. The van der Waals surface area contributed by atoms with E-state index in [1.54, 1.807) is 4.90 Å². The summed E-state index contributed by atoms with van der Waals surface area (Å²) in [7, 11) is 0. The van der Waals surface area contributed by atoms with E-state index in [0.29, 0.717) is 31.2 Å². The van der Waals surface area contributed by atoms with Gasteiger partial charge in [0.1, 0.15) is 0 Å². The van der Waals surface area contributed by atoms with Gasteiger partial charge in [-0.15, -0.1) is 0 Å². The van der Waals surface area contributed by atoms with Crippen LogP contribution in [0, 0.1) is 11.7 Å². The summed E-state index contributed by atoms with van der Waals surface area (Å²) < 4.78 is 19.8. The lowest BCUT2D eigenvalue weighted by Crippen LogP contribution is -2.49. The quantitative estimate of drug-likeness (QED) is 0.462. The molecule has 2 saturated carbocycles. The third-order valence-corrected chi connectivity index (χ3v) is 6.62. The summed E-state index contributed by atoms with van der Waals surface area (Å²) in [5.41, 5.74) is 1.13. The van der Waals surface area contributed by atoms with Crippen molar-refractivity contribution in [3.05, 3.63) is 29.6 Å². The monoisotopic (exact) mass is 431 g/mol. The SMILES string of the molecule is O=C1CCN(CCCCCCCNC2(c3ccc(F)c(OCC4CC4)c3)CC2)C(=O)N1. The first kappa shape index (κ1) is 22.1. The van der Waals surface area contributed by atoms with Crippen LogP contribution < -0.4 is 15.4 Å². The zero-order chi connectivity index (χ0) is 21.7. The number of halogens is 1. The molecule has 3 amide bonds. The molecule has 2 N–H and O–H groups in total. The van der Waals surface area contributed by atoms with Gasteiger partial charge in [-0.1, -0.05) is 25.3 Å². The van der Waals surface area contributed by atoms with Crippen LogP contribution in [0.2, 0.25) is 0 Å². The third kappa shape index (κ3) is 6.19. The van der Waals surface area contributed by atoms with Gasteiger partial charge in [0.05, 0.1) is 6.61 Å². The highest BCUT2D eigenvalue weighted by Crippen LogP contribution is 2.46. The Kier molecular flexibility index (Phi) is 7.10. The Morgan fingerprint density at radius 2 is 1.90 bits per heavy atom. The molecule has 1 heterocycles. The maximum absolute atomic E-state index is 14.1. The number of rotatable bonds is 13. The van der Waals surface area contributed by atoms with Crippen LogP contribution in [0.25, 0.3) is 0 Å². The molecule has 1 saturated heterocycles. The van der Waals surface area contributed by atoms with E-state index in [9.17, 15) is 14.0 Å². The number of benzene rings is 1. The molecule has 170 valence electrons. The highest BCUT2D eigenvalue weighted by atomic mass is 19.1. The van der Waals surface area contributed by atoms with Crippen LogP contribution in [0.3, 0.4) is 0 Å². The van der Waals surface area contributed by atoms with E-state index >= 15 is 0 Å². The molecule has 2 aliphatic carbocycles. The van der Waals surface area contributed by atoms with Gasteiger partial charge in [0.25, 0.3) is 0 Å². The van der Waals surface area contributed by atoms with Gasteiger partial charge < -0.3 is 15.0 Å². The van der Waals surface area contributed by atoms with Gasteiger partial charge in [0.2, 0.25) is 5.91 Å². The van der Waals surface area contributed by atoms with E-state index in [4.69, 9.17) is 4.74 Å². The van der Waals surface area contributed by atoms with E-state index in [1.807, 2.05) is 12.1 Å². The summed E-state index contributed by atoms with van der Waals surface area (Å²) in [6.45, 7) is 2.83. The summed E-state index contributed by atoms with van der Waals surface area (Å²) >= 11 is 0. The van der Waals surface area contributed by atoms with Gasteiger partial charge in [-0.2, -0.15) is 0 Å². The van der Waals surface area contributed by atoms with Crippen molar-refractivity contribution in [1.82, 2.24) is 15.5 Å². The van der Waals surface area contributed by atoms with Crippen molar-refractivity contribution in [2.45, 2.75) is 69.7 Å². The molecule has 0 unspecified atom stereocenters. The van der Waals surface area contributed by atoms with Crippen molar-refractivity contribution in [2.24, 2.45) is 5.92 Å². The molecule has 1 aliphatic heterocycles. The summed E-state index contributed by atoms with van der Waals surface area (Å²) in [5.74, 6) is 0.556. The normalized spacial score (nSPS) is 20.0. The molecule has 0 bridgehead atoms. The molecule has 1 aromatic rings. The Balaban J connectivity index is 1.11. The van der Waals surface area contributed by atoms with Gasteiger partial charge in [-0.25, -0.2) is 9.18 Å². The Morgan fingerprint density at radius 1 is 1.13 bits per heavy atom. The Hall–Kier alpha value is -2.15. The fraction of sp³-hybridized carbons (Fsp3) is 0.667. The van der Waals surface area contributed by atoms with Gasteiger partial charge in [-0.3, -0.25) is 10.1 Å². The molecule has 3 fully saturated rings. The standard InChI is InChI=1S/C24H34FN3O3/c25-20-9-8-19(16-21(20)31-17-18-6-7-18)24(11-12-24)26-13-4-2-1-3-5-14-28-15-10-22(29)27-23(28)30/h8-9,16,18,26H,1-7,10-15,17H2,(H,27,29,30). The summed E-state index contributed by atoms with van der Waals surface area (Å²) in [6.07, 6.45) is 10.4. The molecule has 0 radical (unpaired) electrons. The minimum Gasteiger partial charge on any atom is -0.490 e. The van der Waals surface area contributed by atoms with Crippen molar-refractivity contribution in [2.75, 3.05) is 26.2 Å². The van der Waals surface area contributed by atoms with Crippen molar-refractivity contribution >= 4 is 11.9 Å². The molecule has 6 nitrogen and oxygen atoms in total. The van der Waals surface area contributed by atoms with E-state index < -0.39 is 0 Å². The first-order valence-electron chi connectivity index (χ1n) is 11.8. The van der Waals surface area contributed by atoms with Crippen LogP contribution in [0.1, 0.15) is 69.8 Å². The number of carbonyl (C=O) groups is 2. The number of urea groups is 1. The van der Waals surface area contributed by atoms with Crippen LogP contribution in [-0.4, -0.2) is 43.1 Å². The number of imide groups is 1. The number of nitrogens with zero attached hydrogens (tertiary/aromatic N) is 1. The first-order chi connectivity index (χ1) is 15.1. The molecular weight excluding hydrogens is 397 g/mol. The van der Waals surface area contributed by atoms with Crippen LogP contribution in [0.15, 0.2) is 18.2 Å². The smallest absolute Gasteiger partial charge is 0.324 e. The molecule has 4 rings (SSSR count). The number of hydrogen-bond acceptors (Lipinski definition) is 4. The lowest BCUT2D eigenvalue weighted by atomic mass is 10.0. The van der Waals surface area contributed by atoms with Crippen LogP contribution in [0.4, 0.5) is 9.18 Å². The predicted molar refractivity (Wildman–Crippen MR) is 116 cm³/mol. The lowest BCUT2D eigenvalue weighted by molar-refractivity contribution is -0.121. The second kappa shape index (κ2) is 9.98. The zero-order valence-corrected chi connectivity index (χ0v) is 18.3. The molecule has 0 aromatic heterocycles. The van der Waals surface area contributed by atoms with Gasteiger partial charge in [-0.05, 0) is 68.7 Å². The minimum absolute atomic E-state index is 0.00948. The van der Waals surface area contributed by atoms with Crippen LogP contribution in [-0.2, 0) is 10.3 Å². The molecular formula is C24H34FN3O3. The number of hydrogen-bond donors (Lipinski definition) is 2.